The number of pyridine rings is 1. The van der Waals surface area contributed by atoms with E-state index in [1.807, 2.05) is 5.92 Å². The highest BCUT2D eigenvalue weighted by Gasteiger charge is 2.13. The number of nitrogens with two attached hydrogens (primary N) is 2. The highest BCUT2D eigenvalue weighted by Crippen LogP contribution is 2.22. The maximum atomic E-state index is 10.5. The first-order chi connectivity index (χ1) is 7.02. The van der Waals surface area contributed by atoms with E-state index in [0.29, 0.717) is 0 Å². The van der Waals surface area contributed by atoms with Crippen LogP contribution in [0.2, 0.25) is 0 Å². The molecule has 4 N–H and O–H groups in total. The molecular weight excluding hydrogens is 200 g/mol. The van der Waals surface area contributed by atoms with Gasteiger partial charge in [0.05, 0.1) is 10.5 Å². The molecule has 0 radical (unpaired) electrons. The molecule has 0 aliphatic carbocycles. The third-order valence-corrected chi connectivity index (χ3v) is 1.48. The molecule has 1 heterocycles. The van der Waals surface area contributed by atoms with Crippen LogP contribution in [0.1, 0.15) is 5.56 Å². The lowest BCUT2D eigenvalue weighted by molar-refractivity contribution is -0.384. The molecule has 1 aromatic heterocycles. The number of nitro groups is 1. The van der Waals surface area contributed by atoms with Gasteiger partial charge in [-0.1, -0.05) is 5.92 Å². The lowest BCUT2D eigenvalue weighted by Crippen LogP contribution is -2.06. The van der Waals surface area contributed by atoms with Crippen molar-refractivity contribution < 1.29 is 9.72 Å². The molecule has 0 saturated heterocycles. The number of hydrogen-bond donors (Lipinski definition) is 2. The van der Waals surface area contributed by atoms with Gasteiger partial charge in [-0.25, -0.2) is 0 Å². The Balaban J connectivity index is 3.23. The van der Waals surface area contributed by atoms with Gasteiger partial charge in [0.2, 0.25) is 0 Å². The number of amides is 1. The molecule has 15 heavy (non-hydrogen) atoms. The maximum Gasteiger partial charge on any atom is 0.311 e. The number of nitrogen functional groups attached to an aromatic ring is 1. The summed E-state index contributed by atoms with van der Waals surface area (Å²) < 4.78 is 0. The molecule has 0 aliphatic heterocycles. The van der Waals surface area contributed by atoms with Crippen molar-refractivity contribution in [2.45, 2.75) is 0 Å². The number of carbonyl (C=O) groups is 1. The summed E-state index contributed by atoms with van der Waals surface area (Å²) in [6, 6.07) is 0. The summed E-state index contributed by atoms with van der Waals surface area (Å²) >= 11 is 0. The predicted molar refractivity (Wildman–Crippen MR) is 51.4 cm³/mol. The van der Waals surface area contributed by atoms with Gasteiger partial charge in [0, 0.05) is 12.1 Å². The van der Waals surface area contributed by atoms with Crippen LogP contribution in [0.4, 0.5) is 11.4 Å². The summed E-state index contributed by atoms with van der Waals surface area (Å²) in [6.07, 6.45) is 2.23. The number of hydrogen-bond acceptors (Lipinski definition) is 5. The van der Waals surface area contributed by atoms with Crippen LogP contribution in [0.25, 0.3) is 0 Å². The number of carbonyl (C=O) groups excluding carboxylic acids is 1. The van der Waals surface area contributed by atoms with Gasteiger partial charge in [-0.3, -0.25) is 19.9 Å². The van der Waals surface area contributed by atoms with Crippen LogP contribution < -0.4 is 11.5 Å². The number of anilines is 1. The zero-order chi connectivity index (χ0) is 11.4. The van der Waals surface area contributed by atoms with Gasteiger partial charge in [0.15, 0.2) is 0 Å². The zero-order valence-corrected chi connectivity index (χ0v) is 7.43. The van der Waals surface area contributed by atoms with Gasteiger partial charge in [0.1, 0.15) is 11.9 Å². The first-order valence-corrected chi connectivity index (χ1v) is 3.71. The molecule has 0 aliphatic rings. The minimum Gasteiger partial charge on any atom is -0.392 e. The number of nitrogens with zero attached hydrogens (tertiary/aromatic N) is 2. The van der Waals surface area contributed by atoms with Crippen molar-refractivity contribution in [3.63, 3.8) is 0 Å². The van der Waals surface area contributed by atoms with Crippen LogP contribution in [0.3, 0.4) is 0 Å². The van der Waals surface area contributed by atoms with E-state index in [-0.39, 0.29) is 16.9 Å². The highest BCUT2D eigenvalue weighted by molar-refractivity contribution is 5.93. The molecule has 0 spiro atoms. The normalized spacial score (nSPS) is 8.80. The minimum atomic E-state index is -0.846. The Hall–Kier alpha value is -2.62. The van der Waals surface area contributed by atoms with Crippen molar-refractivity contribution in [2.24, 2.45) is 5.73 Å². The summed E-state index contributed by atoms with van der Waals surface area (Å²) in [7, 11) is 0. The maximum absolute atomic E-state index is 10.5. The van der Waals surface area contributed by atoms with E-state index in [9.17, 15) is 14.9 Å². The summed E-state index contributed by atoms with van der Waals surface area (Å²) in [4.78, 5) is 23.7. The van der Waals surface area contributed by atoms with Crippen molar-refractivity contribution in [1.29, 1.82) is 0 Å². The van der Waals surface area contributed by atoms with Crippen molar-refractivity contribution >= 4 is 17.3 Å². The van der Waals surface area contributed by atoms with E-state index in [1.165, 1.54) is 6.20 Å². The zero-order valence-electron chi connectivity index (χ0n) is 7.43. The molecule has 0 saturated carbocycles. The second-order valence-electron chi connectivity index (χ2n) is 2.49. The molecule has 0 atom stereocenters. The molecule has 0 unspecified atom stereocenters. The number of rotatable bonds is 1. The highest BCUT2D eigenvalue weighted by atomic mass is 16.6. The number of primary amides is 1. The van der Waals surface area contributed by atoms with Crippen molar-refractivity contribution in [3.05, 3.63) is 28.1 Å². The molecule has 1 aromatic rings. The van der Waals surface area contributed by atoms with Crippen LogP contribution in [0, 0.1) is 22.0 Å². The predicted octanol–water partition coefficient (Wildman–Crippen LogP) is -0.591. The molecule has 76 valence electrons. The van der Waals surface area contributed by atoms with Gasteiger partial charge in [0.25, 0.3) is 5.91 Å². The molecule has 1 rings (SSSR count). The van der Waals surface area contributed by atoms with Crippen molar-refractivity contribution in [3.8, 4) is 11.8 Å². The first-order valence-electron chi connectivity index (χ1n) is 3.71. The van der Waals surface area contributed by atoms with Gasteiger partial charge in [-0.05, 0) is 0 Å². The Kier molecular flexibility index (Phi) is 2.83. The second kappa shape index (κ2) is 4.06. The molecule has 0 aromatic carbocycles. The van der Waals surface area contributed by atoms with E-state index in [0.717, 1.165) is 6.20 Å². The summed E-state index contributed by atoms with van der Waals surface area (Å²) in [5, 5.41) is 10.5. The van der Waals surface area contributed by atoms with E-state index < -0.39 is 10.8 Å². The van der Waals surface area contributed by atoms with E-state index in [2.05, 4.69) is 10.9 Å². The van der Waals surface area contributed by atoms with Gasteiger partial charge in [-0.2, -0.15) is 0 Å². The quantitative estimate of drug-likeness (QED) is 0.361. The van der Waals surface area contributed by atoms with Crippen LogP contribution >= 0.6 is 0 Å². The summed E-state index contributed by atoms with van der Waals surface area (Å²) in [6.45, 7) is 0. The first kappa shape index (κ1) is 10.5. The van der Waals surface area contributed by atoms with Crippen molar-refractivity contribution in [1.82, 2.24) is 4.98 Å². The Morgan fingerprint density at radius 3 is 2.73 bits per heavy atom. The SMILES string of the molecule is NC(=O)C#Cc1cncc([N+](=O)[O-])c1N. The lowest BCUT2D eigenvalue weighted by atomic mass is 10.2. The molecule has 7 heteroatoms. The Morgan fingerprint density at radius 2 is 2.20 bits per heavy atom. The van der Waals surface area contributed by atoms with Crippen LogP contribution in [-0.2, 0) is 4.79 Å². The van der Waals surface area contributed by atoms with Gasteiger partial charge < -0.3 is 11.5 Å². The average Bonchev–Trinajstić information content (AvgIpc) is 2.15. The Morgan fingerprint density at radius 1 is 1.53 bits per heavy atom. The summed E-state index contributed by atoms with van der Waals surface area (Å²) in [5.74, 6) is 3.46. The van der Waals surface area contributed by atoms with E-state index in [1.54, 1.807) is 0 Å². The minimum absolute atomic E-state index is 0.100. The summed E-state index contributed by atoms with van der Waals surface area (Å²) in [5.41, 5.74) is 9.82. The van der Waals surface area contributed by atoms with Gasteiger partial charge in [-0.15, -0.1) is 0 Å². The number of aromatic nitrogens is 1. The smallest absolute Gasteiger partial charge is 0.311 e. The third kappa shape index (κ3) is 2.41. The van der Waals surface area contributed by atoms with Crippen LogP contribution in [0.5, 0.6) is 0 Å². The fourth-order valence-corrected chi connectivity index (χ4v) is 0.833. The Bertz CT molecular complexity index is 486. The van der Waals surface area contributed by atoms with Crippen molar-refractivity contribution in [2.75, 3.05) is 5.73 Å². The largest absolute Gasteiger partial charge is 0.392 e. The monoisotopic (exact) mass is 206 g/mol. The standard InChI is InChI=1S/C8H6N4O3/c9-7(13)2-1-5-3-11-4-6(8(5)10)12(14)15/h3-4H,(H2,9,13)(H2,10,11). The fourth-order valence-electron chi connectivity index (χ4n) is 0.833. The third-order valence-electron chi connectivity index (χ3n) is 1.48. The van der Waals surface area contributed by atoms with E-state index in [4.69, 9.17) is 11.5 Å². The van der Waals surface area contributed by atoms with Crippen LogP contribution in [0.15, 0.2) is 12.4 Å². The molecular formula is C8H6N4O3. The fraction of sp³-hybridized carbons (Fsp3) is 0. The van der Waals surface area contributed by atoms with E-state index >= 15 is 0 Å². The van der Waals surface area contributed by atoms with Crippen LogP contribution in [-0.4, -0.2) is 15.8 Å². The van der Waals surface area contributed by atoms with Gasteiger partial charge >= 0.3 is 5.69 Å². The molecule has 7 nitrogen and oxygen atoms in total. The molecule has 0 bridgehead atoms. The molecule has 1 amide bonds. The average molecular weight is 206 g/mol. The Labute approximate surface area is 84.2 Å². The molecule has 0 fully saturated rings. The topological polar surface area (TPSA) is 125 Å². The lowest BCUT2D eigenvalue weighted by Gasteiger charge is -1.97. The second-order valence-corrected chi connectivity index (χ2v) is 2.49.